The van der Waals surface area contributed by atoms with Gasteiger partial charge in [0.1, 0.15) is 5.82 Å². The molecule has 1 saturated heterocycles. The minimum atomic E-state index is 0.816. The van der Waals surface area contributed by atoms with Crippen LogP contribution in [-0.2, 0) is 7.05 Å². The van der Waals surface area contributed by atoms with E-state index in [1.54, 1.807) is 0 Å². The summed E-state index contributed by atoms with van der Waals surface area (Å²) < 4.78 is 1.82. The summed E-state index contributed by atoms with van der Waals surface area (Å²) in [6, 6.07) is 0. The lowest BCUT2D eigenvalue weighted by atomic mass is 10.3. The lowest BCUT2D eigenvalue weighted by Crippen LogP contribution is -2.47. The van der Waals surface area contributed by atoms with E-state index in [1.165, 1.54) is 13.0 Å². The predicted molar refractivity (Wildman–Crippen MR) is 94.0 cm³/mol. The molecule has 126 valence electrons. The Morgan fingerprint density at radius 2 is 1.87 bits per heavy atom. The number of hydrogen-bond acceptors (Lipinski definition) is 6. The van der Waals surface area contributed by atoms with Crippen LogP contribution in [0.4, 0.5) is 11.8 Å². The topological polar surface area (TPSA) is 62.1 Å². The second-order valence-corrected chi connectivity index (χ2v) is 6.13. The molecule has 1 aliphatic rings. The van der Waals surface area contributed by atoms with Crippen LogP contribution in [0.25, 0.3) is 11.0 Å². The van der Waals surface area contributed by atoms with Crippen LogP contribution in [-0.4, -0.2) is 63.9 Å². The molecule has 0 spiro atoms. The van der Waals surface area contributed by atoms with Crippen molar-refractivity contribution < 1.29 is 0 Å². The summed E-state index contributed by atoms with van der Waals surface area (Å²) in [5.41, 5.74) is 0.893. The van der Waals surface area contributed by atoms with Crippen molar-refractivity contribution in [3.63, 3.8) is 0 Å². The van der Waals surface area contributed by atoms with Gasteiger partial charge in [0, 0.05) is 39.8 Å². The molecule has 7 heteroatoms. The van der Waals surface area contributed by atoms with Gasteiger partial charge in [0.2, 0.25) is 5.95 Å². The third-order valence-electron chi connectivity index (χ3n) is 4.32. The molecule has 2 aromatic rings. The van der Waals surface area contributed by atoms with Gasteiger partial charge in [-0.3, -0.25) is 9.58 Å². The Bertz CT molecular complexity index is 643. The van der Waals surface area contributed by atoms with E-state index in [4.69, 9.17) is 9.97 Å². The van der Waals surface area contributed by atoms with Gasteiger partial charge in [-0.15, -0.1) is 0 Å². The largest absolute Gasteiger partial charge is 0.369 e. The molecule has 2 aromatic heterocycles. The average Bonchev–Trinajstić information content (AvgIpc) is 2.95. The summed E-state index contributed by atoms with van der Waals surface area (Å²) in [6.45, 7) is 10.6. The summed E-state index contributed by atoms with van der Waals surface area (Å²) >= 11 is 0. The highest BCUT2D eigenvalue weighted by Crippen LogP contribution is 2.23. The Morgan fingerprint density at radius 3 is 2.57 bits per heavy atom. The van der Waals surface area contributed by atoms with Gasteiger partial charge in [-0.1, -0.05) is 13.8 Å². The maximum Gasteiger partial charge on any atom is 0.229 e. The lowest BCUT2D eigenvalue weighted by molar-refractivity contribution is 0.257. The normalized spacial score (nSPS) is 16.2. The Labute approximate surface area is 137 Å². The van der Waals surface area contributed by atoms with E-state index >= 15 is 0 Å². The Balaban J connectivity index is 1.84. The molecular formula is C16H27N7. The molecule has 0 saturated carbocycles. The van der Waals surface area contributed by atoms with Crippen LogP contribution in [0.2, 0.25) is 0 Å². The van der Waals surface area contributed by atoms with Crippen LogP contribution in [0.1, 0.15) is 26.7 Å². The number of hydrogen-bond donors (Lipinski definition) is 1. The summed E-state index contributed by atoms with van der Waals surface area (Å²) in [7, 11) is 1.93. The number of anilines is 2. The molecular weight excluding hydrogens is 290 g/mol. The smallest absolute Gasteiger partial charge is 0.229 e. The number of nitrogens with one attached hydrogen (secondary N) is 1. The summed E-state index contributed by atoms with van der Waals surface area (Å²) in [6.07, 6.45) is 4.12. The van der Waals surface area contributed by atoms with Crippen molar-refractivity contribution >= 4 is 22.8 Å². The molecule has 1 fully saturated rings. The Morgan fingerprint density at radius 1 is 1.09 bits per heavy atom. The van der Waals surface area contributed by atoms with Crippen LogP contribution in [0.15, 0.2) is 6.20 Å². The fourth-order valence-corrected chi connectivity index (χ4v) is 3.02. The fraction of sp³-hybridized carbons (Fsp3) is 0.688. The van der Waals surface area contributed by atoms with Crippen LogP contribution in [0.5, 0.6) is 0 Å². The second-order valence-electron chi connectivity index (χ2n) is 6.13. The fourth-order valence-electron chi connectivity index (χ4n) is 3.02. The molecule has 3 heterocycles. The van der Waals surface area contributed by atoms with Crippen molar-refractivity contribution in [2.24, 2.45) is 7.05 Å². The van der Waals surface area contributed by atoms with E-state index in [2.05, 4.69) is 34.1 Å². The zero-order chi connectivity index (χ0) is 16.2. The summed E-state index contributed by atoms with van der Waals surface area (Å²) in [5.74, 6) is 1.71. The molecule has 0 amide bonds. The first kappa shape index (κ1) is 16.0. The van der Waals surface area contributed by atoms with Crippen LogP contribution in [0, 0.1) is 0 Å². The van der Waals surface area contributed by atoms with Gasteiger partial charge in [-0.05, 0) is 19.4 Å². The molecule has 0 aromatic carbocycles. The van der Waals surface area contributed by atoms with Gasteiger partial charge in [-0.25, -0.2) is 0 Å². The zero-order valence-corrected chi connectivity index (χ0v) is 14.4. The minimum Gasteiger partial charge on any atom is -0.369 e. The van der Waals surface area contributed by atoms with Gasteiger partial charge in [0.25, 0.3) is 0 Å². The molecule has 0 atom stereocenters. The molecule has 0 radical (unpaired) electrons. The van der Waals surface area contributed by atoms with Crippen molar-refractivity contribution in [1.82, 2.24) is 24.6 Å². The molecule has 23 heavy (non-hydrogen) atoms. The summed E-state index contributed by atoms with van der Waals surface area (Å²) in [4.78, 5) is 14.3. The average molecular weight is 317 g/mol. The number of rotatable bonds is 6. The number of aryl methyl sites for hydroxylation is 1. The highest BCUT2D eigenvalue weighted by Gasteiger charge is 2.20. The van der Waals surface area contributed by atoms with E-state index < -0.39 is 0 Å². The maximum absolute atomic E-state index is 4.78. The molecule has 1 aliphatic heterocycles. The van der Waals surface area contributed by atoms with Gasteiger partial charge >= 0.3 is 0 Å². The van der Waals surface area contributed by atoms with Gasteiger partial charge in [0.05, 0.1) is 11.6 Å². The second kappa shape index (κ2) is 7.12. The third kappa shape index (κ3) is 3.39. The van der Waals surface area contributed by atoms with E-state index in [-0.39, 0.29) is 0 Å². The molecule has 0 unspecified atom stereocenters. The standard InChI is InChI=1S/C16H27N7/c1-4-6-17-14-13-12-18-21(3)15(13)20-16(19-14)23-10-8-22(7-5-2)9-11-23/h12H,4-11H2,1-3H3,(H,17,19,20). The first-order valence-corrected chi connectivity index (χ1v) is 8.63. The van der Waals surface area contributed by atoms with Crippen molar-refractivity contribution in [1.29, 1.82) is 0 Å². The van der Waals surface area contributed by atoms with Gasteiger partial charge in [-0.2, -0.15) is 15.1 Å². The van der Waals surface area contributed by atoms with Gasteiger partial charge < -0.3 is 10.2 Å². The Hall–Kier alpha value is -1.89. The SMILES string of the molecule is CCCNc1nc(N2CCN(CCC)CC2)nc2c1cnn2C. The highest BCUT2D eigenvalue weighted by atomic mass is 15.4. The molecule has 0 aliphatic carbocycles. The molecule has 7 nitrogen and oxygen atoms in total. The Kier molecular flexibility index (Phi) is 4.95. The highest BCUT2D eigenvalue weighted by molar-refractivity contribution is 5.87. The molecule has 3 rings (SSSR count). The van der Waals surface area contributed by atoms with E-state index in [0.29, 0.717) is 0 Å². The minimum absolute atomic E-state index is 0.816. The van der Waals surface area contributed by atoms with Crippen molar-refractivity contribution in [3.8, 4) is 0 Å². The first-order valence-electron chi connectivity index (χ1n) is 8.63. The third-order valence-corrected chi connectivity index (χ3v) is 4.32. The number of fused-ring (bicyclic) bond motifs is 1. The van der Waals surface area contributed by atoms with E-state index in [1.807, 2.05) is 17.9 Å². The number of piperazine rings is 1. The van der Waals surface area contributed by atoms with Crippen LogP contribution >= 0.6 is 0 Å². The number of aromatic nitrogens is 4. The van der Waals surface area contributed by atoms with Crippen molar-refractivity contribution in [2.75, 3.05) is 49.5 Å². The lowest BCUT2D eigenvalue weighted by Gasteiger charge is -2.34. The van der Waals surface area contributed by atoms with Crippen LogP contribution < -0.4 is 10.2 Å². The molecule has 1 N–H and O–H groups in total. The maximum atomic E-state index is 4.78. The van der Waals surface area contributed by atoms with Crippen molar-refractivity contribution in [2.45, 2.75) is 26.7 Å². The van der Waals surface area contributed by atoms with E-state index in [9.17, 15) is 0 Å². The van der Waals surface area contributed by atoms with Gasteiger partial charge in [0.15, 0.2) is 5.65 Å². The zero-order valence-electron chi connectivity index (χ0n) is 14.4. The molecule has 0 bridgehead atoms. The summed E-state index contributed by atoms with van der Waals surface area (Å²) in [5, 5.41) is 8.75. The monoisotopic (exact) mass is 317 g/mol. The van der Waals surface area contributed by atoms with Crippen molar-refractivity contribution in [3.05, 3.63) is 6.20 Å². The predicted octanol–water partition coefficient (Wildman–Crippen LogP) is 1.72. The quantitative estimate of drug-likeness (QED) is 0.875. The van der Waals surface area contributed by atoms with E-state index in [0.717, 1.165) is 61.9 Å². The number of nitrogens with zero attached hydrogens (tertiary/aromatic N) is 6. The van der Waals surface area contributed by atoms with Crippen LogP contribution in [0.3, 0.4) is 0 Å². The first-order chi connectivity index (χ1) is 11.2.